The van der Waals surface area contributed by atoms with Gasteiger partial charge in [0.25, 0.3) is 5.75 Å². The molecule has 0 radical (unpaired) electrons. The van der Waals surface area contributed by atoms with E-state index in [0.29, 0.717) is 0 Å². The number of aromatic amines is 1. The fraction of sp³-hybridized carbons (Fsp3) is 0.286. The third-order valence-electron chi connectivity index (χ3n) is 1.61. The van der Waals surface area contributed by atoms with Crippen LogP contribution in [0.1, 0.15) is 0 Å². The number of rotatable bonds is 3. The minimum Gasteiger partial charge on any atom is -0.491 e. The van der Waals surface area contributed by atoms with Crippen molar-refractivity contribution >= 4 is 5.69 Å². The summed E-state index contributed by atoms with van der Waals surface area (Å²) in [6.07, 6.45) is -4.44. The number of ether oxygens (including phenoxy) is 2. The maximum Gasteiger partial charge on any atom is 0.573 e. The molecule has 0 aliphatic heterocycles. The number of hydrogen-bond donors (Lipinski definition) is 1. The number of pyridine rings is 1. The number of hydrogen-bond acceptors (Lipinski definition) is 5. The van der Waals surface area contributed by atoms with Gasteiger partial charge in [-0.15, -0.1) is 13.2 Å². The molecule has 7 nitrogen and oxygen atoms in total. The molecule has 17 heavy (non-hydrogen) atoms. The zero-order valence-corrected chi connectivity index (χ0v) is 8.20. The molecule has 1 N–H and O–H groups in total. The summed E-state index contributed by atoms with van der Waals surface area (Å²) in [5.74, 6) is -1.89. The number of nitro groups is 1. The van der Waals surface area contributed by atoms with Crippen LogP contribution >= 0.6 is 0 Å². The third-order valence-corrected chi connectivity index (χ3v) is 1.61. The molecule has 0 fully saturated rings. The predicted molar refractivity (Wildman–Crippen MR) is 47.0 cm³/mol. The molecule has 94 valence electrons. The lowest BCUT2D eigenvalue weighted by molar-refractivity contribution is -0.390. The summed E-state index contributed by atoms with van der Waals surface area (Å²) in [4.78, 5) is 22.1. The van der Waals surface area contributed by atoms with Gasteiger partial charge in [0.2, 0.25) is 0 Å². The van der Waals surface area contributed by atoms with Gasteiger partial charge in [-0.3, -0.25) is 14.9 Å². The molecule has 0 amide bonds. The van der Waals surface area contributed by atoms with Gasteiger partial charge in [0, 0.05) is 0 Å². The SMILES string of the molecule is COc1c[nH]c(=O)c([N+](=O)[O-])c1OC(F)(F)F. The largest absolute Gasteiger partial charge is 0.573 e. The number of halogens is 3. The highest BCUT2D eigenvalue weighted by Crippen LogP contribution is 2.36. The topological polar surface area (TPSA) is 94.5 Å². The quantitative estimate of drug-likeness (QED) is 0.645. The Morgan fingerprint density at radius 1 is 1.47 bits per heavy atom. The first kappa shape index (κ1) is 12.8. The second-order valence-electron chi connectivity index (χ2n) is 2.67. The minimum atomic E-state index is -5.17. The Hall–Kier alpha value is -2.26. The van der Waals surface area contributed by atoms with Gasteiger partial charge >= 0.3 is 17.6 Å². The molecule has 0 spiro atoms. The summed E-state index contributed by atoms with van der Waals surface area (Å²) >= 11 is 0. The average Bonchev–Trinajstić information content (AvgIpc) is 2.15. The van der Waals surface area contributed by atoms with Crippen LogP contribution in [0.3, 0.4) is 0 Å². The molecule has 1 aromatic heterocycles. The van der Waals surface area contributed by atoms with Crippen molar-refractivity contribution < 1.29 is 27.6 Å². The zero-order valence-electron chi connectivity index (χ0n) is 8.20. The molecule has 1 aromatic rings. The van der Waals surface area contributed by atoms with Crippen molar-refractivity contribution in [1.29, 1.82) is 0 Å². The fourth-order valence-corrected chi connectivity index (χ4v) is 1.02. The molecule has 10 heteroatoms. The molecule has 0 bridgehead atoms. The van der Waals surface area contributed by atoms with E-state index in [2.05, 4.69) is 9.47 Å². The Kier molecular flexibility index (Phi) is 3.25. The fourth-order valence-electron chi connectivity index (χ4n) is 1.02. The molecule has 0 saturated carbocycles. The predicted octanol–water partition coefficient (Wildman–Crippen LogP) is 1.19. The Morgan fingerprint density at radius 3 is 2.47 bits per heavy atom. The van der Waals surface area contributed by atoms with Gasteiger partial charge < -0.3 is 14.5 Å². The Balaban J connectivity index is 3.46. The van der Waals surface area contributed by atoms with Crippen LogP contribution in [-0.4, -0.2) is 23.4 Å². The molecule has 0 saturated heterocycles. The van der Waals surface area contributed by atoms with Crippen molar-refractivity contribution in [3.63, 3.8) is 0 Å². The van der Waals surface area contributed by atoms with Crippen molar-refractivity contribution in [2.24, 2.45) is 0 Å². The zero-order chi connectivity index (χ0) is 13.2. The normalized spacial score (nSPS) is 11.1. The maximum atomic E-state index is 12.0. The van der Waals surface area contributed by atoms with Crippen LogP contribution in [0.15, 0.2) is 11.0 Å². The first-order chi connectivity index (χ1) is 7.76. The molecule has 0 atom stereocenters. The molecule has 1 rings (SSSR count). The van der Waals surface area contributed by atoms with E-state index in [1.54, 1.807) is 0 Å². The van der Waals surface area contributed by atoms with Crippen molar-refractivity contribution in [2.75, 3.05) is 7.11 Å². The number of nitrogens with zero attached hydrogens (tertiary/aromatic N) is 1. The van der Waals surface area contributed by atoms with Crippen LogP contribution in [0, 0.1) is 10.1 Å². The Morgan fingerprint density at radius 2 is 2.06 bits per heavy atom. The van der Waals surface area contributed by atoms with Crippen molar-refractivity contribution in [3.05, 3.63) is 26.7 Å². The van der Waals surface area contributed by atoms with Crippen molar-refractivity contribution in [2.45, 2.75) is 6.36 Å². The number of aromatic nitrogens is 1. The maximum absolute atomic E-state index is 12.0. The molecule has 0 aliphatic rings. The van der Waals surface area contributed by atoms with Crippen LogP contribution < -0.4 is 15.0 Å². The van der Waals surface area contributed by atoms with Crippen LogP contribution in [-0.2, 0) is 0 Å². The van der Waals surface area contributed by atoms with Gasteiger partial charge in [-0.25, -0.2) is 0 Å². The van der Waals surface area contributed by atoms with E-state index in [1.165, 1.54) is 0 Å². The van der Waals surface area contributed by atoms with Crippen LogP contribution in [0.25, 0.3) is 0 Å². The van der Waals surface area contributed by atoms with E-state index in [9.17, 15) is 28.1 Å². The standard InChI is InChI=1S/C7H5F3N2O5/c1-16-3-2-11-6(13)4(12(14)15)5(3)17-7(8,9)10/h2H,1H3,(H,11,13). The lowest BCUT2D eigenvalue weighted by atomic mass is 10.3. The molecular formula is C7H5F3N2O5. The first-order valence-corrected chi connectivity index (χ1v) is 3.96. The van der Waals surface area contributed by atoms with E-state index < -0.39 is 34.0 Å². The van der Waals surface area contributed by atoms with Gasteiger partial charge in [-0.05, 0) is 0 Å². The molecule has 0 aliphatic carbocycles. The lowest BCUT2D eigenvalue weighted by Crippen LogP contribution is -2.21. The van der Waals surface area contributed by atoms with E-state index in [1.807, 2.05) is 4.98 Å². The number of alkyl halides is 3. The highest BCUT2D eigenvalue weighted by atomic mass is 19.4. The Labute approximate surface area is 90.9 Å². The van der Waals surface area contributed by atoms with Crippen LogP contribution in [0.4, 0.5) is 18.9 Å². The van der Waals surface area contributed by atoms with Crippen molar-refractivity contribution in [1.82, 2.24) is 4.98 Å². The highest BCUT2D eigenvalue weighted by molar-refractivity contribution is 5.53. The van der Waals surface area contributed by atoms with Crippen molar-refractivity contribution in [3.8, 4) is 11.5 Å². The minimum absolute atomic E-state index is 0.603. The smallest absolute Gasteiger partial charge is 0.491 e. The second-order valence-corrected chi connectivity index (χ2v) is 2.67. The monoisotopic (exact) mass is 254 g/mol. The summed E-state index contributed by atoms with van der Waals surface area (Å²) in [6.45, 7) is 0. The number of methoxy groups -OCH3 is 1. The lowest BCUT2D eigenvalue weighted by Gasteiger charge is -2.11. The summed E-state index contributed by atoms with van der Waals surface area (Å²) in [7, 11) is 0.973. The van der Waals surface area contributed by atoms with Gasteiger partial charge in [-0.1, -0.05) is 0 Å². The summed E-state index contributed by atoms with van der Waals surface area (Å²) in [5, 5.41) is 10.5. The van der Waals surface area contributed by atoms with Crippen LogP contribution in [0.5, 0.6) is 11.5 Å². The number of H-pyrrole nitrogens is 1. The highest BCUT2D eigenvalue weighted by Gasteiger charge is 2.38. The van der Waals surface area contributed by atoms with E-state index >= 15 is 0 Å². The summed E-state index contributed by atoms with van der Waals surface area (Å²) in [6, 6.07) is 0. The van der Waals surface area contributed by atoms with Gasteiger partial charge in [0.05, 0.1) is 18.2 Å². The first-order valence-electron chi connectivity index (χ1n) is 3.96. The molecule has 0 unspecified atom stereocenters. The summed E-state index contributed by atoms with van der Waals surface area (Å²) in [5.41, 5.74) is -2.70. The van der Waals surface area contributed by atoms with E-state index in [0.717, 1.165) is 13.3 Å². The third kappa shape index (κ3) is 2.86. The van der Waals surface area contributed by atoms with Gasteiger partial charge in [-0.2, -0.15) is 0 Å². The Bertz CT molecular complexity index is 495. The van der Waals surface area contributed by atoms with E-state index in [4.69, 9.17) is 0 Å². The second kappa shape index (κ2) is 4.31. The van der Waals surface area contributed by atoms with E-state index in [-0.39, 0.29) is 0 Å². The summed E-state index contributed by atoms with van der Waals surface area (Å²) < 4.78 is 43.9. The average molecular weight is 254 g/mol. The molecule has 1 heterocycles. The van der Waals surface area contributed by atoms with Crippen LogP contribution in [0.2, 0.25) is 0 Å². The molecular weight excluding hydrogens is 249 g/mol. The molecule has 0 aromatic carbocycles. The van der Waals surface area contributed by atoms with Gasteiger partial charge in [0.1, 0.15) is 0 Å². The van der Waals surface area contributed by atoms with Gasteiger partial charge in [0.15, 0.2) is 5.75 Å². The number of nitrogens with one attached hydrogen (secondary N) is 1.